The zero-order chi connectivity index (χ0) is 25.0. The standard InChI is InChI=1S/C24H32FN5O4/c1-14-9-16(26-5)11-19(28-14)29-22-21(25)20(18(33-6)12-27-22)15-7-8-30(13-17(31)10-15)23(32)34-24(2,3)4/h7,9,11-12,17,31H,8,10,13H2,1-6H3,(H2,26,27,28,29). The van der Waals surface area contributed by atoms with Crippen LogP contribution < -0.4 is 15.4 Å². The Hall–Kier alpha value is -3.40. The Morgan fingerprint density at radius 2 is 2.06 bits per heavy atom. The maximum absolute atomic E-state index is 15.7. The van der Waals surface area contributed by atoms with Gasteiger partial charge in [-0.2, -0.15) is 0 Å². The fourth-order valence-electron chi connectivity index (χ4n) is 3.64. The number of hydrogen-bond acceptors (Lipinski definition) is 8. The zero-order valence-corrected chi connectivity index (χ0v) is 20.4. The van der Waals surface area contributed by atoms with Gasteiger partial charge in [-0.1, -0.05) is 6.08 Å². The maximum atomic E-state index is 15.7. The van der Waals surface area contributed by atoms with Gasteiger partial charge in [-0.05, 0) is 39.3 Å². The summed E-state index contributed by atoms with van der Waals surface area (Å²) < 4.78 is 26.5. The number of halogens is 1. The zero-order valence-electron chi connectivity index (χ0n) is 20.4. The third-order valence-corrected chi connectivity index (χ3v) is 5.11. The fraction of sp³-hybridized carbons (Fsp3) is 0.458. The van der Waals surface area contributed by atoms with Crippen molar-refractivity contribution in [2.75, 3.05) is 37.9 Å². The van der Waals surface area contributed by atoms with Crippen LogP contribution in [0, 0.1) is 12.7 Å². The molecule has 0 spiro atoms. The van der Waals surface area contributed by atoms with E-state index in [-0.39, 0.29) is 36.6 Å². The molecule has 0 aromatic carbocycles. The quantitative estimate of drug-likeness (QED) is 0.596. The van der Waals surface area contributed by atoms with Gasteiger partial charge in [0.05, 0.1) is 31.5 Å². The fourth-order valence-corrected chi connectivity index (χ4v) is 3.64. The van der Waals surface area contributed by atoms with Crippen LogP contribution in [0.25, 0.3) is 5.57 Å². The molecule has 0 bridgehead atoms. The van der Waals surface area contributed by atoms with E-state index in [1.807, 2.05) is 13.0 Å². The van der Waals surface area contributed by atoms with Crippen LogP contribution >= 0.6 is 0 Å². The molecule has 1 unspecified atom stereocenters. The maximum Gasteiger partial charge on any atom is 0.410 e. The molecule has 34 heavy (non-hydrogen) atoms. The summed E-state index contributed by atoms with van der Waals surface area (Å²) >= 11 is 0. The van der Waals surface area contributed by atoms with Crippen molar-refractivity contribution in [2.24, 2.45) is 0 Å². The molecular weight excluding hydrogens is 441 g/mol. The molecule has 0 saturated heterocycles. The van der Waals surface area contributed by atoms with E-state index < -0.39 is 23.6 Å². The van der Waals surface area contributed by atoms with Crippen LogP contribution in [0.3, 0.4) is 0 Å². The molecular formula is C24H32FN5O4. The summed E-state index contributed by atoms with van der Waals surface area (Å²) in [6, 6.07) is 3.61. The van der Waals surface area contributed by atoms with E-state index >= 15 is 4.39 Å². The molecule has 1 aliphatic rings. The highest BCUT2D eigenvalue weighted by atomic mass is 19.1. The van der Waals surface area contributed by atoms with Gasteiger partial charge in [0.25, 0.3) is 0 Å². The van der Waals surface area contributed by atoms with Crippen molar-refractivity contribution in [3.63, 3.8) is 0 Å². The monoisotopic (exact) mass is 473 g/mol. The van der Waals surface area contributed by atoms with Gasteiger partial charge in [-0.3, -0.25) is 0 Å². The summed E-state index contributed by atoms with van der Waals surface area (Å²) in [5.41, 5.74) is 1.58. The Morgan fingerprint density at radius 3 is 2.71 bits per heavy atom. The number of amides is 1. The van der Waals surface area contributed by atoms with Crippen molar-refractivity contribution in [2.45, 2.75) is 45.8 Å². The van der Waals surface area contributed by atoms with Gasteiger partial charge >= 0.3 is 6.09 Å². The average molecular weight is 474 g/mol. The molecule has 0 fully saturated rings. The molecule has 3 heterocycles. The lowest BCUT2D eigenvalue weighted by molar-refractivity contribution is 0.0186. The Balaban J connectivity index is 1.95. The number of aliphatic hydroxyl groups excluding tert-OH is 1. The van der Waals surface area contributed by atoms with Crippen molar-refractivity contribution >= 4 is 29.0 Å². The number of β-amino-alcohol motifs (C(OH)–C–C–N with tert-alkyl or cyclic N) is 1. The van der Waals surface area contributed by atoms with Crippen molar-refractivity contribution < 1.29 is 23.8 Å². The summed E-state index contributed by atoms with van der Waals surface area (Å²) in [6.07, 6.45) is 1.79. The largest absolute Gasteiger partial charge is 0.494 e. The number of methoxy groups -OCH3 is 1. The number of rotatable bonds is 5. The molecule has 184 valence electrons. The number of nitrogens with zero attached hydrogens (tertiary/aromatic N) is 3. The summed E-state index contributed by atoms with van der Waals surface area (Å²) in [7, 11) is 3.21. The number of nitrogens with one attached hydrogen (secondary N) is 2. The van der Waals surface area contributed by atoms with Crippen molar-refractivity contribution in [3.05, 3.63) is 41.5 Å². The van der Waals surface area contributed by atoms with Gasteiger partial charge in [0.1, 0.15) is 17.2 Å². The van der Waals surface area contributed by atoms with Crippen molar-refractivity contribution in [1.29, 1.82) is 0 Å². The second-order valence-corrected chi connectivity index (χ2v) is 9.09. The molecule has 1 aliphatic heterocycles. The molecule has 0 radical (unpaired) electrons. The minimum absolute atomic E-state index is 0.0282. The minimum atomic E-state index is -0.911. The summed E-state index contributed by atoms with van der Waals surface area (Å²) in [5, 5.41) is 16.6. The smallest absolute Gasteiger partial charge is 0.410 e. The number of aryl methyl sites for hydroxylation is 1. The van der Waals surface area contributed by atoms with Crippen molar-refractivity contribution in [1.82, 2.24) is 14.9 Å². The summed E-state index contributed by atoms with van der Waals surface area (Å²) in [5.74, 6) is -0.0180. The van der Waals surface area contributed by atoms with Gasteiger partial charge in [0.2, 0.25) is 0 Å². The topological polar surface area (TPSA) is 109 Å². The lowest BCUT2D eigenvalue weighted by atomic mass is 9.99. The van der Waals surface area contributed by atoms with Gasteiger partial charge in [0.15, 0.2) is 11.6 Å². The van der Waals surface area contributed by atoms with Crippen LogP contribution in [0.15, 0.2) is 24.4 Å². The number of ether oxygens (including phenoxy) is 2. The van der Waals surface area contributed by atoms with E-state index in [1.54, 1.807) is 40.0 Å². The van der Waals surface area contributed by atoms with E-state index in [0.29, 0.717) is 11.4 Å². The second-order valence-electron chi connectivity index (χ2n) is 9.09. The number of pyridine rings is 2. The Labute approximate surface area is 199 Å². The third-order valence-electron chi connectivity index (χ3n) is 5.11. The van der Waals surface area contributed by atoms with E-state index in [0.717, 1.165) is 11.4 Å². The number of aliphatic hydroxyl groups is 1. The van der Waals surface area contributed by atoms with Gasteiger partial charge in [0, 0.05) is 37.5 Å². The van der Waals surface area contributed by atoms with Crippen LogP contribution in [-0.2, 0) is 4.74 Å². The molecule has 3 rings (SSSR count). The first-order chi connectivity index (χ1) is 16.0. The van der Waals surface area contributed by atoms with Crippen LogP contribution in [0.1, 0.15) is 38.4 Å². The van der Waals surface area contributed by atoms with Crippen LogP contribution in [0.4, 0.5) is 26.5 Å². The van der Waals surface area contributed by atoms with Gasteiger partial charge in [-0.15, -0.1) is 0 Å². The second kappa shape index (κ2) is 10.3. The van der Waals surface area contributed by atoms with Crippen molar-refractivity contribution in [3.8, 4) is 5.75 Å². The molecule has 3 N–H and O–H groups in total. The summed E-state index contributed by atoms with van der Waals surface area (Å²) in [6.45, 7) is 7.37. The predicted molar refractivity (Wildman–Crippen MR) is 129 cm³/mol. The van der Waals surface area contributed by atoms with Crippen LogP contribution in [0.5, 0.6) is 5.75 Å². The molecule has 2 aromatic heterocycles. The highest BCUT2D eigenvalue weighted by Gasteiger charge is 2.28. The first kappa shape index (κ1) is 25.2. The number of carbonyl (C=O) groups is 1. The van der Waals surface area contributed by atoms with Crippen LogP contribution in [0.2, 0.25) is 0 Å². The lowest BCUT2D eigenvalue weighted by Crippen LogP contribution is -2.40. The minimum Gasteiger partial charge on any atom is -0.494 e. The van der Waals surface area contributed by atoms with E-state index in [9.17, 15) is 9.90 Å². The van der Waals surface area contributed by atoms with Crippen LogP contribution in [-0.4, -0.2) is 65.0 Å². The number of aromatic nitrogens is 2. The molecule has 0 aliphatic carbocycles. The van der Waals surface area contributed by atoms with E-state index in [4.69, 9.17) is 9.47 Å². The lowest BCUT2D eigenvalue weighted by Gasteiger charge is -2.26. The number of anilines is 3. The molecule has 0 saturated carbocycles. The number of hydrogen-bond donors (Lipinski definition) is 3. The van der Waals surface area contributed by atoms with Gasteiger partial charge in [-0.25, -0.2) is 19.2 Å². The highest BCUT2D eigenvalue weighted by Crippen LogP contribution is 2.36. The normalized spacial score (nSPS) is 16.4. The first-order valence-electron chi connectivity index (χ1n) is 11.0. The van der Waals surface area contributed by atoms with Gasteiger partial charge < -0.3 is 30.1 Å². The molecule has 9 nitrogen and oxygen atoms in total. The molecule has 10 heteroatoms. The predicted octanol–water partition coefficient (Wildman–Crippen LogP) is 4.10. The van der Waals surface area contributed by atoms with E-state index in [1.165, 1.54) is 18.2 Å². The molecule has 1 atom stereocenters. The average Bonchev–Trinajstić information content (AvgIpc) is 2.94. The molecule has 2 aromatic rings. The van der Waals surface area contributed by atoms with E-state index in [2.05, 4.69) is 20.6 Å². The Bertz CT molecular complexity index is 1080. The number of carbonyl (C=O) groups excluding carboxylic acids is 1. The summed E-state index contributed by atoms with van der Waals surface area (Å²) in [4.78, 5) is 22.5. The highest BCUT2D eigenvalue weighted by molar-refractivity contribution is 5.76. The molecule has 1 amide bonds. The first-order valence-corrected chi connectivity index (χ1v) is 11.0. The SMILES string of the molecule is CNc1cc(C)nc(Nc2ncc(OC)c(C3=CCN(C(=O)OC(C)(C)C)CC(O)C3)c2F)c1. The third kappa shape index (κ3) is 6.13. The Morgan fingerprint density at radius 1 is 1.32 bits per heavy atom. The Kier molecular flexibility index (Phi) is 7.61.